The van der Waals surface area contributed by atoms with Gasteiger partial charge in [0, 0.05) is 13.1 Å². The van der Waals surface area contributed by atoms with Gasteiger partial charge in [-0.25, -0.2) is 9.79 Å². The highest BCUT2D eigenvalue weighted by Crippen LogP contribution is 2.25. The summed E-state index contributed by atoms with van der Waals surface area (Å²) in [6.45, 7) is 6.22. The van der Waals surface area contributed by atoms with E-state index in [0.29, 0.717) is 29.9 Å². The van der Waals surface area contributed by atoms with Crippen molar-refractivity contribution in [2.24, 2.45) is 16.6 Å². The summed E-state index contributed by atoms with van der Waals surface area (Å²) in [6.07, 6.45) is 1.80. The third-order valence-electron chi connectivity index (χ3n) is 3.35. The zero-order valence-electron chi connectivity index (χ0n) is 13.6. The highest BCUT2D eigenvalue weighted by atomic mass is 35.5. The SMILES string of the molecule is CC(C)COC(=O)Nc1ccccc1N=C(N)N1CCCC1.Cl. The van der Waals surface area contributed by atoms with Crippen molar-refractivity contribution in [1.29, 1.82) is 0 Å². The van der Waals surface area contributed by atoms with Crippen molar-refractivity contribution in [3.63, 3.8) is 0 Å². The lowest BCUT2D eigenvalue weighted by Crippen LogP contribution is -2.34. The molecule has 0 bridgehead atoms. The monoisotopic (exact) mass is 340 g/mol. The Kier molecular flexibility index (Phi) is 7.68. The molecule has 3 N–H and O–H groups in total. The predicted molar refractivity (Wildman–Crippen MR) is 95.6 cm³/mol. The van der Waals surface area contributed by atoms with Crippen LogP contribution in [-0.4, -0.2) is 36.6 Å². The van der Waals surface area contributed by atoms with Gasteiger partial charge in [-0.15, -0.1) is 12.4 Å². The number of guanidine groups is 1. The number of aliphatic imine (C=N–C) groups is 1. The quantitative estimate of drug-likeness (QED) is 0.650. The van der Waals surface area contributed by atoms with Gasteiger partial charge in [0.2, 0.25) is 0 Å². The molecule has 1 aliphatic heterocycles. The van der Waals surface area contributed by atoms with E-state index >= 15 is 0 Å². The van der Waals surface area contributed by atoms with Crippen LogP contribution in [0.5, 0.6) is 0 Å². The third kappa shape index (κ3) is 5.98. The lowest BCUT2D eigenvalue weighted by Gasteiger charge is -2.16. The van der Waals surface area contributed by atoms with Gasteiger partial charge in [0.15, 0.2) is 5.96 Å². The van der Waals surface area contributed by atoms with Crippen molar-refractivity contribution in [2.75, 3.05) is 25.0 Å². The molecule has 0 atom stereocenters. The lowest BCUT2D eigenvalue weighted by atomic mass is 10.2. The molecule has 1 aliphatic rings. The molecule has 1 heterocycles. The molecule has 23 heavy (non-hydrogen) atoms. The number of nitrogens with two attached hydrogens (primary N) is 1. The summed E-state index contributed by atoms with van der Waals surface area (Å²) in [4.78, 5) is 18.3. The summed E-state index contributed by atoms with van der Waals surface area (Å²) in [5, 5.41) is 2.72. The van der Waals surface area contributed by atoms with Crippen LogP contribution in [0.2, 0.25) is 0 Å². The molecule has 1 aromatic rings. The predicted octanol–water partition coefficient (Wildman–Crippen LogP) is 3.35. The first-order chi connectivity index (χ1) is 10.6. The third-order valence-corrected chi connectivity index (χ3v) is 3.35. The molecule has 0 saturated carbocycles. The number of benzene rings is 1. The van der Waals surface area contributed by atoms with Crippen LogP contribution in [0.15, 0.2) is 29.3 Å². The molecule has 1 fully saturated rings. The van der Waals surface area contributed by atoms with Crippen molar-refractivity contribution >= 4 is 35.8 Å². The first-order valence-electron chi connectivity index (χ1n) is 7.68. The second kappa shape index (κ2) is 9.25. The van der Waals surface area contributed by atoms with Crippen LogP contribution in [0.4, 0.5) is 16.2 Å². The Morgan fingerprint density at radius 2 is 2.00 bits per heavy atom. The Balaban J connectivity index is 0.00000264. The summed E-state index contributed by atoms with van der Waals surface area (Å²) in [5.41, 5.74) is 7.27. The van der Waals surface area contributed by atoms with E-state index in [2.05, 4.69) is 10.3 Å². The van der Waals surface area contributed by atoms with Crippen LogP contribution in [0.25, 0.3) is 0 Å². The standard InChI is InChI=1S/C16H24N4O2.ClH/c1-12(2)11-22-16(21)19-14-8-4-3-7-13(14)18-15(17)20-9-5-6-10-20;/h3-4,7-8,12H,5-6,9-11H2,1-2H3,(H2,17,18)(H,19,21);1H. The number of amides is 1. The number of likely N-dealkylation sites (tertiary alicyclic amines) is 1. The zero-order valence-corrected chi connectivity index (χ0v) is 14.4. The van der Waals surface area contributed by atoms with Crippen LogP contribution in [0.1, 0.15) is 26.7 Å². The molecule has 0 spiro atoms. The van der Waals surface area contributed by atoms with E-state index in [0.717, 1.165) is 25.9 Å². The van der Waals surface area contributed by atoms with E-state index in [1.165, 1.54) is 0 Å². The normalized spacial score (nSPS) is 14.6. The fourth-order valence-corrected chi connectivity index (χ4v) is 2.21. The molecule has 0 aromatic heterocycles. The van der Waals surface area contributed by atoms with Gasteiger partial charge in [0.05, 0.1) is 18.0 Å². The van der Waals surface area contributed by atoms with Gasteiger partial charge in [0.25, 0.3) is 0 Å². The summed E-state index contributed by atoms with van der Waals surface area (Å²) in [5.74, 6) is 0.784. The summed E-state index contributed by atoms with van der Waals surface area (Å²) in [6, 6.07) is 7.30. The molecular formula is C16H25ClN4O2. The Morgan fingerprint density at radius 3 is 2.65 bits per heavy atom. The molecule has 6 nitrogen and oxygen atoms in total. The number of nitrogens with zero attached hydrogens (tertiary/aromatic N) is 2. The number of nitrogens with one attached hydrogen (secondary N) is 1. The minimum absolute atomic E-state index is 0. The van der Waals surface area contributed by atoms with E-state index in [-0.39, 0.29) is 12.4 Å². The van der Waals surface area contributed by atoms with Crippen molar-refractivity contribution in [2.45, 2.75) is 26.7 Å². The van der Waals surface area contributed by atoms with Gasteiger partial charge in [-0.2, -0.15) is 0 Å². The molecule has 1 aromatic carbocycles. The van der Waals surface area contributed by atoms with Crippen LogP contribution in [0, 0.1) is 5.92 Å². The maximum Gasteiger partial charge on any atom is 0.411 e. The number of para-hydroxylation sites is 2. The average molecular weight is 341 g/mol. The largest absolute Gasteiger partial charge is 0.449 e. The number of ether oxygens (including phenoxy) is 1. The van der Waals surface area contributed by atoms with Gasteiger partial charge in [-0.05, 0) is 30.9 Å². The lowest BCUT2D eigenvalue weighted by molar-refractivity contribution is 0.147. The van der Waals surface area contributed by atoms with E-state index in [1.807, 2.05) is 36.9 Å². The topological polar surface area (TPSA) is 79.9 Å². The molecule has 0 unspecified atom stereocenters. The van der Waals surface area contributed by atoms with E-state index in [4.69, 9.17) is 10.5 Å². The van der Waals surface area contributed by atoms with Gasteiger partial charge < -0.3 is 15.4 Å². The first kappa shape index (κ1) is 19.1. The molecule has 7 heteroatoms. The fourth-order valence-electron chi connectivity index (χ4n) is 2.21. The minimum atomic E-state index is -0.476. The summed E-state index contributed by atoms with van der Waals surface area (Å²) >= 11 is 0. The highest BCUT2D eigenvalue weighted by molar-refractivity contribution is 5.91. The highest BCUT2D eigenvalue weighted by Gasteiger charge is 2.14. The number of hydrogen-bond donors (Lipinski definition) is 2. The van der Waals surface area contributed by atoms with Gasteiger partial charge in [-0.3, -0.25) is 5.32 Å². The van der Waals surface area contributed by atoms with Crippen molar-refractivity contribution < 1.29 is 9.53 Å². The van der Waals surface area contributed by atoms with Gasteiger partial charge in [0.1, 0.15) is 0 Å². The summed E-state index contributed by atoms with van der Waals surface area (Å²) in [7, 11) is 0. The molecule has 0 radical (unpaired) electrons. The van der Waals surface area contributed by atoms with Crippen molar-refractivity contribution in [3.05, 3.63) is 24.3 Å². The molecule has 0 aliphatic carbocycles. The van der Waals surface area contributed by atoms with Crippen molar-refractivity contribution in [3.8, 4) is 0 Å². The number of halogens is 1. The van der Waals surface area contributed by atoms with Crippen LogP contribution in [-0.2, 0) is 4.74 Å². The Labute approximate surface area is 143 Å². The van der Waals surface area contributed by atoms with E-state index < -0.39 is 6.09 Å². The maximum absolute atomic E-state index is 11.8. The second-order valence-electron chi connectivity index (χ2n) is 5.80. The molecular weight excluding hydrogens is 316 g/mol. The minimum Gasteiger partial charge on any atom is -0.449 e. The smallest absolute Gasteiger partial charge is 0.411 e. The van der Waals surface area contributed by atoms with E-state index in [1.54, 1.807) is 6.07 Å². The summed E-state index contributed by atoms with van der Waals surface area (Å²) < 4.78 is 5.13. The van der Waals surface area contributed by atoms with Crippen LogP contribution < -0.4 is 11.1 Å². The maximum atomic E-state index is 11.8. The molecule has 1 amide bonds. The van der Waals surface area contributed by atoms with Crippen LogP contribution >= 0.6 is 12.4 Å². The molecule has 1 saturated heterocycles. The second-order valence-corrected chi connectivity index (χ2v) is 5.80. The van der Waals surface area contributed by atoms with Crippen LogP contribution in [0.3, 0.4) is 0 Å². The van der Waals surface area contributed by atoms with Gasteiger partial charge >= 0.3 is 6.09 Å². The number of rotatable bonds is 4. The number of hydrogen-bond acceptors (Lipinski definition) is 3. The Bertz CT molecular complexity index is 543. The fraction of sp³-hybridized carbons (Fsp3) is 0.500. The van der Waals surface area contributed by atoms with E-state index in [9.17, 15) is 4.79 Å². The van der Waals surface area contributed by atoms with Gasteiger partial charge in [-0.1, -0.05) is 26.0 Å². The Morgan fingerprint density at radius 1 is 1.35 bits per heavy atom. The first-order valence-corrected chi connectivity index (χ1v) is 7.68. The molecule has 128 valence electrons. The average Bonchev–Trinajstić information content (AvgIpc) is 3.01. The number of anilines is 1. The number of carbonyl (C=O) groups is 1. The molecule has 2 rings (SSSR count). The number of carbonyl (C=O) groups excluding carboxylic acids is 1. The van der Waals surface area contributed by atoms with Crippen molar-refractivity contribution in [1.82, 2.24) is 4.90 Å². The Hall–Kier alpha value is -1.95. The zero-order chi connectivity index (χ0) is 15.9.